The molecule has 2 atom stereocenters. The van der Waals surface area contributed by atoms with Crippen molar-refractivity contribution < 1.29 is 0 Å². The first-order chi connectivity index (χ1) is 7.25. The zero-order chi connectivity index (χ0) is 10.4. The van der Waals surface area contributed by atoms with Crippen LogP contribution in [0.5, 0.6) is 0 Å². The van der Waals surface area contributed by atoms with Gasteiger partial charge in [0, 0.05) is 18.8 Å². The summed E-state index contributed by atoms with van der Waals surface area (Å²) in [7, 11) is 0. The summed E-state index contributed by atoms with van der Waals surface area (Å²) in [5.41, 5.74) is 2.50. The van der Waals surface area contributed by atoms with E-state index < -0.39 is 0 Å². The Bertz CT molecular complexity index is 444. The van der Waals surface area contributed by atoms with Crippen molar-refractivity contribution in [1.29, 1.82) is 0 Å². The molecule has 0 radical (unpaired) electrons. The summed E-state index contributed by atoms with van der Waals surface area (Å²) in [4.78, 5) is 4.22. The zero-order valence-electron chi connectivity index (χ0n) is 8.00. The van der Waals surface area contributed by atoms with Crippen molar-refractivity contribution in [2.75, 3.05) is 6.54 Å². The number of nitrogens with zero attached hydrogens (tertiary/aromatic N) is 1. The maximum atomic E-state index is 6.04. The molecule has 2 aliphatic rings. The van der Waals surface area contributed by atoms with Crippen molar-refractivity contribution in [3.8, 4) is 0 Å². The van der Waals surface area contributed by atoms with Crippen molar-refractivity contribution in [2.24, 2.45) is 5.92 Å². The van der Waals surface area contributed by atoms with Gasteiger partial charge in [-0.15, -0.1) is 0 Å². The lowest BCUT2D eigenvalue weighted by Gasteiger charge is -2.34. The fraction of sp³-hybridized carbons (Fsp3) is 0.364. The summed E-state index contributed by atoms with van der Waals surface area (Å²) in [6.45, 7) is 1.14. The van der Waals surface area contributed by atoms with Crippen LogP contribution in [0.4, 0.5) is 0 Å². The summed E-state index contributed by atoms with van der Waals surface area (Å²) in [6.07, 6.45) is 5.36. The molecular formula is C11H10BrClN2. The fourth-order valence-electron chi connectivity index (χ4n) is 2.27. The van der Waals surface area contributed by atoms with Gasteiger partial charge in [0.1, 0.15) is 4.60 Å². The number of nitrogens with one attached hydrogen (secondary N) is 1. The van der Waals surface area contributed by atoms with Crippen molar-refractivity contribution in [3.05, 3.63) is 33.5 Å². The Hall–Kier alpha value is -0.380. The minimum absolute atomic E-state index is 0.532. The highest BCUT2D eigenvalue weighted by Crippen LogP contribution is 2.38. The van der Waals surface area contributed by atoms with Gasteiger partial charge in [-0.3, -0.25) is 0 Å². The van der Waals surface area contributed by atoms with E-state index in [0.717, 1.165) is 18.0 Å². The smallest absolute Gasteiger partial charge is 0.124 e. The lowest BCUT2D eigenvalue weighted by atomic mass is 9.89. The molecule has 1 saturated heterocycles. The number of hydrogen-bond acceptors (Lipinski definition) is 2. The number of halogens is 2. The number of pyridine rings is 1. The third-order valence-corrected chi connectivity index (χ3v) is 4.32. The van der Waals surface area contributed by atoms with Gasteiger partial charge in [-0.2, -0.15) is 0 Å². The van der Waals surface area contributed by atoms with E-state index in [-0.39, 0.29) is 0 Å². The monoisotopic (exact) mass is 284 g/mol. The molecule has 0 amide bonds. The average molecular weight is 286 g/mol. The van der Waals surface area contributed by atoms with Crippen molar-refractivity contribution in [1.82, 2.24) is 10.3 Å². The summed E-state index contributed by atoms with van der Waals surface area (Å²) >= 11 is 9.34. The molecule has 2 heterocycles. The highest BCUT2D eigenvalue weighted by Gasteiger charge is 2.37. The third kappa shape index (κ3) is 1.53. The Morgan fingerprint density at radius 3 is 3.00 bits per heavy atom. The molecule has 1 aromatic rings. The molecule has 1 fully saturated rings. The van der Waals surface area contributed by atoms with Crippen LogP contribution >= 0.6 is 27.5 Å². The normalized spacial score (nSPS) is 28.3. The molecule has 78 valence electrons. The minimum Gasteiger partial charge on any atom is -0.309 e. The van der Waals surface area contributed by atoms with Crippen LogP contribution in [0.25, 0.3) is 5.57 Å². The molecule has 0 spiro atoms. The van der Waals surface area contributed by atoms with Gasteiger partial charge in [0.15, 0.2) is 0 Å². The summed E-state index contributed by atoms with van der Waals surface area (Å²) in [5, 5.41) is 4.12. The van der Waals surface area contributed by atoms with Crippen molar-refractivity contribution >= 4 is 33.1 Å². The van der Waals surface area contributed by atoms with E-state index in [1.807, 2.05) is 12.3 Å². The van der Waals surface area contributed by atoms with Gasteiger partial charge in [0.2, 0.25) is 0 Å². The molecule has 0 bridgehead atoms. The van der Waals surface area contributed by atoms with E-state index in [1.165, 1.54) is 12.0 Å². The van der Waals surface area contributed by atoms with E-state index >= 15 is 0 Å². The highest BCUT2D eigenvalue weighted by molar-refractivity contribution is 9.10. The number of fused-ring (bicyclic) bond motifs is 1. The molecule has 4 heteroatoms. The van der Waals surface area contributed by atoms with Gasteiger partial charge >= 0.3 is 0 Å². The second-order valence-corrected chi connectivity index (χ2v) is 5.20. The fourth-order valence-corrected chi connectivity index (χ4v) is 2.65. The van der Waals surface area contributed by atoms with Gasteiger partial charge in [0.25, 0.3) is 0 Å². The molecule has 2 nitrogen and oxygen atoms in total. The largest absolute Gasteiger partial charge is 0.309 e. The van der Waals surface area contributed by atoms with E-state index in [1.54, 1.807) is 0 Å². The van der Waals surface area contributed by atoms with Crippen molar-refractivity contribution in [2.45, 2.75) is 12.5 Å². The molecule has 0 aromatic carbocycles. The maximum absolute atomic E-state index is 6.04. The zero-order valence-corrected chi connectivity index (χ0v) is 10.3. The molecule has 1 aromatic heterocycles. The van der Waals surface area contributed by atoms with E-state index in [0.29, 0.717) is 15.7 Å². The predicted molar refractivity (Wildman–Crippen MR) is 64.8 cm³/mol. The number of aromatic nitrogens is 1. The van der Waals surface area contributed by atoms with Crippen LogP contribution < -0.4 is 5.32 Å². The Kier molecular flexibility index (Phi) is 2.34. The minimum atomic E-state index is 0.532. The lowest BCUT2D eigenvalue weighted by Crippen LogP contribution is -2.50. The van der Waals surface area contributed by atoms with Gasteiger partial charge in [-0.05, 0) is 45.5 Å². The summed E-state index contributed by atoms with van der Waals surface area (Å²) < 4.78 is 0.713. The average Bonchev–Trinajstić information content (AvgIpc) is 2.46. The third-order valence-electron chi connectivity index (χ3n) is 3.18. The maximum Gasteiger partial charge on any atom is 0.124 e. The topological polar surface area (TPSA) is 24.9 Å². The van der Waals surface area contributed by atoms with Crippen LogP contribution in [-0.4, -0.2) is 17.6 Å². The van der Waals surface area contributed by atoms with Gasteiger partial charge < -0.3 is 5.32 Å². The number of hydrogen-bond donors (Lipinski definition) is 1. The van der Waals surface area contributed by atoms with Crippen molar-refractivity contribution in [3.63, 3.8) is 0 Å². The first kappa shape index (κ1) is 9.82. The van der Waals surface area contributed by atoms with Crippen LogP contribution in [-0.2, 0) is 0 Å². The van der Waals surface area contributed by atoms with E-state index in [2.05, 4.69) is 32.3 Å². The standard InChI is InChI=1S/C11H10BrClN2/c12-11-9(13)3-7(5-15-11)8-2-1-6-4-14-10(6)8/h2-3,5-6,10,14H,1,4H2/t6-,10+/m1/s1. The Morgan fingerprint density at radius 2 is 2.40 bits per heavy atom. The quantitative estimate of drug-likeness (QED) is 0.803. The predicted octanol–water partition coefficient (Wildman–Crippen LogP) is 2.87. The first-order valence-corrected chi connectivity index (χ1v) is 6.17. The lowest BCUT2D eigenvalue weighted by molar-refractivity contribution is 0.307. The second-order valence-electron chi connectivity index (χ2n) is 4.04. The molecule has 0 saturated carbocycles. The molecule has 1 aliphatic heterocycles. The Labute approximate surface area is 102 Å². The van der Waals surface area contributed by atoms with Crippen LogP contribution in [0.1, 0.15) is 12.0 Å². The SMILES string of the molecule is Clc1cc(C2=CC[C@@H]3CN[C@H]23)cnc1Br. The summed E-state index contributed by atoms with van der Waals surface area (Å²) in [6, 6.07) is 2.51. The number of allylic oxidation sites excluding steroid dienone is 1. The van der Waals surface area contributed by atoms with Gasteiger partial charge in [-0.1, -0.05) is 17.7 Å². The second kappa shape index (κ2) is 3.58. The highest BCUT2D eigenvalue weighted by atomic mass is 79.9. The summed E-state index contributed by atoms with van der Waals surface area (Å²) in [5.74, 6) is 0.794. The van der Waals surface area contributed by atoms with E-state index in [4.69, 9.17) is 11.6 Å². The molecule has 1 N–H and O–H groups in total. The molecule has 1 aliphatic carbocycles. The Balaban J connectivity index is 1.96. The molecule has 3 rings (SSSR count). The molecule has 15 heavy (non-hydrogen) atoms. The molecule has 0 unspecified atom stereocenters. The Morgan fingerprint density at radius 1 is 1.53 bits per heavy atom. The van der Waals surface area contributed by atoms with Crippen LogP contribution in [0.3, 0.4) is 0 Å². The number of rotatable bonds is 1. The molecular weight excluding hydrogens is 275 g/mol. The van der Waals surface area contributed by atoms with Crippen LogP contribution in [0.2, 0.25) is 5.02 Å². The van der Waals surface area contributed by atoms with Crippen LogP contribution in [0, 0.1) is 5.92 Å². The van der Waals surface area contributed by atoms with E-state index in [9.17, 15) is 0 Å². The first-order valence-electron chi connectivity index (χ1n) is 5.00. The van der Waals surface area contributed by atoms with Gasteiger partial charge in [-0.25, -0.2) is 4.98 Å². The van der Waals surface area contributed by atoms with Gasteiger partial charge in [0.05, 0.1) is 5.02 Å². The van der Waals surface area contributed by atoms with Crippen LogP contribution in [0.15, 0.2) is 22.9 Å².